The summed E-state index contributed by atoms with van der Waals surface area (Å²) in [6, 6.07) is 26.7. The molecule has 3 unspecified atom stereocenters. The fourth-order valence-electron chi connectivity index (χ4n) is 7.56. The van der Waals surface area contributed by atoms with Crippen molar-refractivity contribution in [2.24, 2.45) is 23.7 Å². The van der Waals surface area contributed by atoms with Crippen molar-refractivity contribution in [3.63, 3.8) is 0 Å². The van der Waals surface area contributed by atoms with Crippen molar-refractivity contribution in [3.05, 3.63) is 84.4 Å². The zero-order valence-corrected chi connectivity index (χ0v) is 32.1. The van der Waals surface area contributed by atoms with Gasteiger partial charge in [0.1, 0.15) is 11.6 Å². The van der Waals surface area contributed by atoms with Crippen LogP contribution in [0.1, 0.15) is 78.4 Å². The van der Waals surface area contributed by atoms with Crippen LogP contribution in [0.4, 0.5) is 0 Å². The topological polar surface area (TPSA) is 107 Å². The molecule has 7 rings (SSSR count). The molecular weight excluding hydrogens is 657 g/mol. The highest BCUT2D eigenvalue weighted by atomic mass is 16.2. The van der Waals surface area contributed by atoms with E-state index in [1.54, 1.807) is 0 Å². The third-order valence-corrected chi connectivity index (χ3v) is 10.8. The molecule has 1 aliphatic carbocycles. The molecule has 2 aromatic heterocycles. The first kappa shape index (κ1) is 36.4. The number of aromatic nitrogens is 4. The molecule has 0 saturated heterocycles. The highest BCUT2D eigenvalue weighted by molar-refractivity contribution is 5.93. The smallest absolute Gasteiger partial charge is 0.222 e. The summed E-state index contributed by atoms with van der Waals surface area (Å²) >= 11 is 0. The van der Waals surface area contributed by atoms with Crippen LogP contribution < -0.4 is 5.32 Å². The summed E-state index contributed by atoms with van der Waals surface area (Å²) in [5.41, 5.74) is 8.74. The van der Waals surface area contributed by atoms with Gasteiger partial charge in [-0.3, -0.25) is 9.59 Å². The Morgan fingerprint density at radius 3 is 1.83 bits per heavy atom. The Morgan fingerprint density at radius 1 is 0.736 bits per heavy atom. The average molecular weight is 711 g/mol. The molecule has 8 heteroatoms. The van der Waals surface area contributed by atoms with Crippen LogP contribution in [0.5, 0.6) is 0 Å². The first-order valence-corrected chi connectivity index (χ1v) is 19.5. The predicted molar refractivity (Wildman–Crippen MR) is 217 cm³/mol. The van der Waals surface area contributed by atoms with E-state index in [4.69, 9.17) is 9.97 Å². The minimum absolute atomic E-state index is 0.134. The lowest BCUT2D eigenvalue weighted by atomic mass is 9.97. The van der Waals surface area contributed by atoms with E-state index in [1.807, 2.05) is 11.9 Å². The maximum atomic E-state index is 12.5. The number of aryl methyl sites for hydroxylation is 2. The van der Waals surface area contributed by atoms with Gasteiger partial charge in [-0.15, -0.1) is 0 Å². The van der Waals surface area contributed by atoms with Gasteiger partial charge in [0.15, 0.2) is 0 Å². The largest absolute Gasteiger partial charge is 0.356 e. The Morgan fingerprint density at radius 2 is 1.26 bits per heavy atom. The van der Waals surface area contributed by atoms with E-state index >= 15 is 0 Å². The summed E-state index contributed by atoms with van der Waals surface area (Å²) in [7, 11) is 1.96. The van der Waals surface area contributed by atoms with E-state index in [9.17, 15) is 9.59 Å². The van der Waals surface area contributed by atoms with E-state index in [0.717, 1.165) is 76.9 Å². The molecule has 1 aliphatic rings. The number of aromatic amines is 2. The molecule has 3 atom stereocenters. The number of benzene rings is 4. The summed E-state index contributed by atoms with van der Waals surface area (Å²) < 4.78 is 0. The number of amides is 2. The van der Waals surface area contributed by atoms with Gasteiger partial charge in [0.25, 0.3) is 0 Å². The number of carbonyl (C=O) groups excluding carboxylic acids is 2. The van der Waals surface area contributed by atoms with Crippen molar-refractivity contribution < 1.29 is 9.59 Å². The molecule has 0 aliphatic heterocycles. The van der Waals surface area contributed by atoms with Crippen LogP contribution in [0.15, 0.2) is 72.8 Å². The molecule has 8 nitrogen and oxygen atoms in total. The zero-order valence-electron chi connectivity index (χ0n) is 32.1. The van der Waals surface area contributed by atoms with Crippen molar-refractivity contribution >= 4 is 44.7 Å². The second-order valence-electron chi connectivity index (χ2n) is 16.4. The van der Waals surface area contributed by atoms with Gasteiger partial charge in [-0.1, -0.05) is 71.0 Å². The molecule has 3 N–H and O–H groups in total. The van der Waals surface area contributed by atoms with Crippen molar-refractivity contribution in [1.29, 1.82) is 0 Å². The average Bonchev–Trinajstić information content (AvgIpc) is 3.60. The van der Waals surface area contributed by atoms with E-state index in [-0.39, 0.29) is 11.8 Å². The third-order valence-electron chi connectivity index (χ3n) is 10.8. The number of H-pyrrole nitrogens is 2. The summed E-state index contributed by atoms with van der Waals surface area (Å²) in [4.78, 5) is 43.3. The second-order valence-corrected chi connectivity index (χ2v) is 16.4. The number of hydrogen-bond acceptors (Lipinski definition) is 4. The van der Waals surface area contributed by atoms with Crippen LogP contribution in [0.2, 0.25) is 0 Å². The van der Waals surface area contributed by atoms with Gasteiger partial charge in [-0.2, -0.15) is 0 Å². The maximum absolute atomic E-state index is 12.5. The highest BCUT2D eigenvalue weighted by Gasteiger charge is 2.41. The van der Waals surface area contributed by atoms with Crippen molar-refractivity contribution in [1.82, 2.24) is 30.2 Å². The summed E-state index contributed by atoms with van der Waals surface area (Å²) in [6.45, 7) is 11.2. The summed E-state index contributed by atoms with van der Waals surface area (Å²) in [5.74, 6) is 4.11. The van der Waals surface area contributed by atoms with E-state index in [1.165, 1.54) is 21.9 Å². The summed E-state index contributed by atoms with van der Waals surface area (Å²) in [5, 5.41) is 5.47. The lowest BCUT2D eigenvalue weighted by Crippen LogP contribution is -2.30. The molecule has 1 fully saturated rings. The first-order valence-electron chi connectivity index (χ1n) is 19.5. The Kier molecular flexibility index (Phi) is 10.7. The molecular formula is C45H54N6O2. The van der Waals surface area contributed by atoms with Crippen LogP contribution in [0, 0.1) is 23.7 Å². The van der Waals surface area contributed by atoms with Crippen LogP contribution in [-0.2, 0) is 22.4 Å². The van der Waals surface area contributed by atoms with Gasteiger partial charge in [0, 0.05) is 45.3 Å². The van der Waals surface area contributed by atoms with Crippen LogP contribution in [-0.4, -0.2) is 56.3 Å². The Balaban J connectivity index is 0.972. The highest BCUT2D eigenvalue weighted by Crippen LogP contribution is 2.39. The van der Waals surface area contributed by atoms with Gasteiger partial charge in [-0.05, 0) is 112 Å². The van der Waals surface area contributed by atoms with Gasteiger partial charge < -0.3 is 20.2 Å². The van der Waals surface area contributed by atoms with Crippen LogP contribution in [0.25, 0.3) is 55.1 Å². The minimum Gasteiger partial charge on any atom is -0.356 e. The van der Waals surface area contributed by atoms with E-state index in [2.05, 4.69) is 123 Å². The molecule has 53 heavy (non-hydrogen) atoms. The number of hydrogen-bond donors (Lipinski definition) is 3. The lowest BCUT2D eigenvalue weighted by Gasteiger charge is -2.18. The fourth-order valence-corrected chi connectivity index (χ4v) is 7.56. The van der Waals surface area contributed by atoms with Crippen LogP contribution in [0.3, 0.4) is 0 Å². The second kappa shape index (κ2) is 15.6. The van der Waals surface area contributed by atoms with Crippen LogP contribution >= 0.6 is 0 Å². The number of fused-ring (bicyclic) bond motifs is 3. The zero-order chi connectivity index (χ0) is 37.2. The number of carbonyl (C=O) groups is 2. The predicted octanol–water partition coefficient (Wildman–Crippen LogP) is 9.48. The molecule has 4 aromatic carbocycles. The Hall–Kier alpha value is -4.98. The first-order chi connectivity index (χ1) is 25.5. The van der Waals surface area contributed by atoms with Crippen molar-refractivity contribution in [2.75, 3.05) is 13.6 Å². The number of rotatable bonds is 15. The van der Waals surface area contributed by atoms with Crippen molar-refractivity contribution in [3.8, 4) is 22.3 Å². The summed E-state index contributed by atoms with van der Waals surface area (Å²) in [6.07, 6.45) is 6.04. The Bertz CT molecular complexity index is 2250. The number of nitrogens with zero attached hydrogens (tertiary/aromatic N) is 3. The Labute approximate surface area is 313 Å². The molecule has 2 amide bonds. The number of nitrogens with one attached hydrogen (secondary N) is 3. The molecule has 2 heterocycles. The number of imidazole rings is 2. The SMILES string of the molecule is CC(C)CC(=O)NCC(C)CCc1nc2ccc(-c3ccc4cc(-c5ccc6nc(CCC7CC7N(C)C(=O)CC(C)C)[nH]c6c5)ccc4c3)cc2[nH]1. The van der Waals surface area contributed by atoms with E-state index < -0.39 is 0 Å². The van der Waals surface area contributed by atoms with Gasteiger partial charge in [0.2, 0.25) is 11.8 Å². The van der Waals surface area contributed by atoms with Gasteiger partial charge >= 0.3 is 0 Å². The maximum Gasteiger partial charge on any atom is 0.222 e. The standard InChI is InChI=1S/C45H54N6O2/c1-27(2)19-44(52)46-26-29(5)7-17-42-47-37-15-12-34(23-39(37)49-42)32-10-8-31-22-33(11-9-30(31)21-32)35-13-16-38-40(24-35)50-43(48-38)18-14-36-25-41(36)51(6)45(53)20-28(3)4/h8-13,15-16,21-24,27-29,36,41H,7,14,17-20,25-26H2,1-6H3,(H,46,52)(H,47,49)(H,48,50). The van der Waals surface area contributed by atoms with Crippen molar-refractivity contribution in [2.45, 2.75) is 85.6 Å². The minimum atomic E-state index is 0.134. The van der Waals surface area contributed by atoms with Gasteiger partial charge in [0.05, 0.1) is 22.1 Å². The molecule has 0 radical (unpaired) electrons. The quantitative estimate of drug-likeness (QED) is 0.0987. The molecule has 0 bridgehead atoms. The van der Waals surface area contributed by atoms with Gasteiger partial charge in [-0.25, -0.2) is 9.97 Å². The normalized spacial score (nSPS) is 16.2. The molecule has 6 aromatic rings. The molecule has 276 valence electrons. The monoisotopic (exact) mass is 710 g/mol. The molecule has 0 spiro atoms. The fraction of sp³-hybridized carbons (Fsp3) is 0.422. The third kappa shape index (κ3) is 8.81. The lowest BCUT2D eigenvalue weighted by molar-refractivity contribution is -0.131. The van der Waals surface area contributed by atoms with E-state index in [0.29, 0.717) is 49.1 Å². The molecule has 1 saturated carbocycles.